The molecule has 1 aromatic carbocycles. The number of ether oxygens (including phenoxy) is 1. The van der Waals surface area contributed by atoms with Gasteiger partial charge < -0.3 is 4.74 Å². The zero-order chi connectivity index (χ0) is 11.3. The van der Waals surface area contributed by atoms with Crippen LogP contribution in [-0.4, -0.2) is 12.7 Å². The van der Waals surface area contributed by atoms with Gasteiger partial charge >= 0.3 is 6.09 Å². The number of nitrogens with one attached hydrogen (secondary N) is 1. The Morgan fingerprint density at radius 3 is 2.53 bits per heavy atom. The molecule has 0 spiro atoms. The number of nitrogens with two attached hydrogens (primary N) is 1. The van der Waals surface area contributed by atoms with Gasteiger partial charge in [0, 0.05) is 5.41 Å². The molecule has 1 rings (SSSR count). The summed E-state index contributed by atoms with van der Waals surface area (Å²) in [7, 11) is 0. The third-order valence-corrected chi connectivity index (χ3v) is 2.24. The van der Waals surface area contributed by atoms with Crippen LogP contribution in [0.15, 0.2) is 30.3 Å². The van der Waals surface area contributed by atoms with Crippen molar-refractivity contribution in [3.8, 4) is 0 Å². The Kier molecular flexibility index (Phi) is 3.68. The fourth-order valence-corrected chi connectivity index (χ4v) is 1.26. The summed E-state index contributed by atoms with van der Waals surface area (Å²) in [6.45, 7) is 4.30. The maximum Gasteiger partial charge on any atom is 0.421 e. The summed E-state index contributed by atoms with van der Waals surface area (Å²) >= 11 is 0. The number of amides is 1. The average molecular weight is 208 g/mol. The van der Waals surface area contributed by atoms with Gasteiger partial charge in [0.25, 0.3) is 0 Å². The topological polar surface area (TPSA) is 64.3 Å². The standard InChI is InChI=1S/C11H16N2O2/c1-11(2,8-15-10(14)13-12)9-6-4-3-5-7-9/h3-7H,8,12H2,1-2H3,(H,13,14). The molecule has 82 valence electrons. The minimum absolute atomic E-state index is 0.215. The van der Waals surface area contributed by atoms with Crippen molar-refractivity contribution in [3.63, 3.8) is 0 Å². The number of carbonyl (C=O) groups is 1. The molecule has 3 N–H and O–H groups in total. The highest BCUT2D eigenvalue weighted by atomic mass is 16.6. The molecule has 0 aromatic heterocycles. The van der Waals surface area contributed by atoms with E-state index in [0.717, 1.165) is 5.56 Å². The van der Waals surface area contributed by atoms with Gasteiger partial charge in [-0.3, -0.25) is 5.43 Å². The first-order valence-corrected chi connectivity index (χ1v) is 4.75. The van der Waals surface area contributed by atoms with Crippen LogP contribution in [0.2, 0.25) is 0 Å². The van der Waals surface area contributed by atoms with Gasteiger partial charge in [-0.25, -0.2) is 10.6 Å². The maximum absolute atomic E-state index is 10.8. The third-order valence-electron chi connectivity index (χ3n) is 2.24. The second-order valence-corrected chi connectivity index (χ2v) is 3.97. The van der Waals surface area contributed by atoms with Crippen molar-refractivity contribution in [1.29, 1.82) is 0 Å². The Morgan fingerprint density at radius 2 is 2.00 bits per heavy atom. The molecule has 0 atom stereocenters. The Bertz CT molecular complexity index is 323. The van der Waals surface area contributed by atoms with E-state index in [0.29, 0.717) is 6.61 Å². The molecule has 0 saturated heterocycles. The predicted molar refractivity (Wildman–Crippen MR) is 58.1 cm³/mol. The molecule has 0 bridgehead atoms. The van der Waals surface area contributed by atoms with Gasteiger partial charge in [-0.1, -0.05) is 44.2 Å². The van der Waals surface area contributed by atoms with Gasteiger partial charge in [-0.2, -0.15) is 0 Å². The number of hydrazine groups is 1. The lowest BCUT2D eigenvalue weighted by molar-refractivity contribution is 0.123. The smallest absolute Gasteiger partial charge is 0.421 e. The molecule has 15 heavy (non-hydrogen) atoms. The highest BCUT2D eigenvalue weighted by Gasteiger charge is 2.22. The van der Waals surface area contributed by atoms with E-state index in [9.17, 15) is 4.79 Å². The van der Waals surface area contributed by atoms with E-state index in [-0.39, 0.29) is 5.41 Å². The fraction of sp³-hybridized carbons (Fsp3) is 0.364. The lowest BCUT2D eigenvalue weighted by Gasteiger charge is -2.24. The zero-order valence-corrected chi connectivity index (χ0v) is 8.99. The average Bonchev–Trinajstić information content (AvgIpc) is 2.27. The summed E-state index contributed by atoms with van der Waals surface area (Å²) in [5, 5.41) is 0. The molecule has 0 aliphatic carbocycles. The number of rotatable bonds is 3. The van der Waals surface area contributed by atoms with Crippen LogP contribution in [0.25, 0.3) is 0 Å². The Balaban J connectivity index is 2.63. The van der Waals surface area contributed by atoms with Crippen LogP contribution in [0.4, 0.5) is 4.79 Å². The Morgan fingerprint density at radius 1 is 1.40 bits per heavy atom. The van der Waals surface area contributed by atoms with Gasteiger partial charge in [0.2, 0.25) is 0 Å². The second kappa shape index (κ2) is 4.79. The molecule has 4 nitrogen and oxygen atoms in total. The largest absolute Gasteiger partial charge is 0.448 e. The maximum atomic E-state index is 10.8. The third kappa shape index (κ3) is 3.25. The van der Waals surface area contributed by atoms with Gasteiger partial charge in [0.15, 0.2) is 0 Å². The monoisotopic (exact) mass is 208 g/mol. The first kappa shape index (κ1) is 11.5. The lowest BCUT2D eigenvalue weighted by atomic mass is 9.86. The van der Waals surface area contributed by atoms with Gasteiger partial charge in [-0.05, 0) is 5.56 Å². The SMILES string of the molecule is CC(C)(COC(=O)NN)c1ccccc1. The summed E-state index contributed by atoms with van der Waals surface area (Å²) in [6.07, 6.45) is -0.612. The zero-order valence-electron chi connectivity index (χ0n) is 8.99. The van der Waals surface area contributed by atoms with Gasteiger partial charge in [0.1, 0.15) is 6.61 Å². The van der Waals surface area contributed by atoms with Crippen molar-refractivity contribution >= 4 is 6.09 Å². The molecule has 0 fully saturated rings. The lowest BCUT2D eigenvalue weighted by Crippen LogP contribution is -2.34. The highest BCUT2D eigenvalue weighted by Crippen LogP contribution is 2.22. The summed E-state index contributed by atoms with van der Waals surface area (Å²) in [5.74, 6) is 4.92. The minimum Gasteiger partial charge on any atom is -0.448 e. The molecule has 0 aliphatic rings. The Hall–Kier alpha value is -1.55. The number of hydrogen-bond acceptors (Lipinski definition) is 3. The number of benzene rings is 1. The van der Waals surface area contributed by atoms with E-state index in [1.165, 1.54) is 0 Å². The first-order chi connectivity index (χ1) is 7.06. The molecular formula is C11H16N2O2. The molecule has 0 aliphatic heterocycles. The number of hydrogen-bond donors (Lipinski definition) is 2. The molecular weight excluding hydrogens is 192 g/mol. The molecule has 4 heteroatoms. The molecule has 1 amide bonds. The van der Waals surface area contributed by atoms with Gasteiger partial charge in [-0.15, -0.1) is 0 Å². The normalized spacial score (nSPS) is 10.9. The molecule has 0 heterocycles. The van der Waals surface area contributed by atoms with Crippen LogP contribution in [-0.2, 0) is 10.2 Å². The molecule has 0 radical (unpaired) electrons. The van der Waals surface area contributed by atoms with Crippen LogP contribution >= 0.6 is 0 Å². The van der Waals surface area contributed by atoms with Crippen molar-refractivity contribution in [2.45, 2.75) is 19.3 Å². The van der Waals surface area contributed by atoms with Crippen LogP contribution in [0, 0.1) is 0 Å². The Labute approximate surface area is 89.4 Å². The van der Waals surface area contributed by atoms with Crippen LogP contribution in [0.5, 0.6) is 0 Å². The van der Waals surface area contributed by atoms with E-state index >= 15 is 0 Å². The predicted octanol–water partition coefficient (Wildman–Crippen LogP) is 1.56. The van der Waals surface area contributed by atoms with E-state index < -0.39 is 6.09 Å². The molecule has 0 unspecified atom stereocenters. The van der Waals surface area contributed by atoms with Gasteiger partial charge in [0.05, 0.1) is 0 Å². The van der Waals surface area contributed by atoms with E-state index in [1.807, 2.05) is 49.6 Å². The van der Waals surface area contributed by atoms with E-state index in [4.69, 9.17) is 10.6 Å². The van der Waals surface area contributed by atoms with E-state index in [1.54, 1.807) is 0 Å². The van der Waals surface area contributed by atoms with Crippen molar-refractivity contribution in [1.82, 2.24) is 5.43 Å². The summed E-state index contributed by atoms with van der Waals surface area (Å²) in [4.78, 5) is 10.8. The van der Waals surface area contributed by atoms with Crippen molar-refractivity contribution in [2.75, 3.05) is 6.61 Å². The van der Waals surface area contributed by atoms with Crippen molar-refractivity contribution in [3.05, 3.63) is 35.9 Å². The second-order valence-electron chi connectivity index (χ2n) is 3.97. The molecule has 0 saturated carbocycles. The van der Waals surface area contributed by atoms with Crippen LogP contribution in [0.3, 0.4) is 0 Å². The van der Waals surface area contributed by atoms with Crippen molar-refractivity contribution < 1.29 is 9.53 Å². The summed E-state index contributed by atoms with van der Waals surface area (Å²) < 4.78 is 4.94. The number of carbonyl (C=O) groups excluding carboxylic acids is 1. The highest BCUT2D eigenvalue weighted by molar-refractivity contribution is 5.66. The first-order valence-electron chi connectivity index (χ1n) is 4.75. The summed E-state index contributed by atoms with van der Waals surface area (Å²) in [6, 6.07) is 9.88. The van der Waals surface area contributed by atoms with Crippen LogP contribution < -0.4 is 11.3 Å². The quantitative estimate of drug-likeness (QED) is 0.450. The fourth-order valence-electron chi connectivity index (χ4n) is 1.26. The summed E-state index contributed by atoms with van der Waals surface area (Å²) in [5.41, 5.74) is 2.83. The minimum atomic E-state index is -0.612. The van der Waals surface area contributed by atoms with Crippen molar-refractivity contribution in [2.24, 2.45) is 5.84 Å². The van der Waals surface area contributed by atoms with Crippen LogP contribution in [0.1, 0.15) is 19.4 Å². The molecule has 1 aromatic rings. The van der Waals surface area contributed by atoms with E-state index in [2.05, 4.69) is 0 Å².